The molecule has 0 bridgehead atoms. The normalized spacial score (nSPS) is 14.8. The van der Waals surface area contributed by atoms with Crippen molar-refractivity contribution in [2.75, 3.05) is 0 Å². The van der Waals surface area contributed by atoms with Gasteiger partial charge in [-0.3, -0.25) is 0 Å². The Labute approximate surface area is 154 Å². The molecule has 0 radical (unpaired) electrons. The highest BCUT2D eigenvalue weighted by Gasteiger charge is 2.72. The molecule has 1 aromatic carbocycles. The molecule has 0 aliphatic carbocycles. The molecule has 0 spiro atoms. The van der Waals surface area contributed by atoms with Crippen molar-refractivity contribution in [2.24, 2.45) is 0 Å². The predicted octanol–water partition coefficient (Wildman–Crippen LogP) is 6.59. The first-order valence-corrected chi connectivity index (χ1v) is 21.8. The van der Waals surface area contributed by atoms with E-state index in [9.17, 15) is 0 Å². The third-order valence-electron chi connectivity index (χ3n) is 6.48. The van der Waals surface area contributed by atoms with Crippen LogP contribution in [0.25, 0.3) is 0 Å². The number of benzene rings is 1. The van der Waals surface area contributed by atoms with E-state index in [0.717, 1.165) is 12.1 Å². The standard InChI is InChI=1S/C19H39FSi4/c1-11-24(20,12-2)19(21(3,4)5,22(6,7)8)23(9,10)18-16-14-13-15-17-18/h13-17H,11-12H2,1-10H3. The molecule has 0 fully saturated rings. The van der Waals surface area contributed by atoms with Gasteiger partial charge in [0.15, 0.2) is 0 Å². The Morgan fingerprint density at radius 2 is 1.12 bits per heavy atom. The van der Waals surface area contributed by atoms with Crippen molar-refractivity contribution in [1.29, 1.82) is 0 Å². The zero-order valence-electron chi connectivity index (χ0n) is 17.7. The van der Waals surface area contributed by atoms with E-state index in [2.05, 4.69) is 96.6 Å². The van der Waals surface area contributed by atoms with E-state index >= 15 is 4.11 Å². The lowest BCUT2D eigenvalue weighted by Gasteiger charge is -2.65. The second-order valence-corrected chi connectivity index (χ2v) is 32.1. The highest BCUT2D eigenvalue weighted by Crippen LogP contribution is 2.61. The second-order valence-electron chi connectivity index (χ2n) is 9.91. The first-order valence-electron chi connectivity index (χ1n) is 9.47. The van der Waals surface area contributed by atoms with Gasteiger partial charge in [-0.1, -0.05) is 102 Å². The molecule has 1 aromatic rings. The summed E-state index contributed by atoms with van der Waals surface area (Å²) in [7, 11) is -8.39. The highest BCUT2D eigenvalue weighted by molar-refractivity contribution is 7.31. The minimum atomic E-state index is -2.88. The Morgan fingerprint density at radius 1 is 0.750 bits per heavy atom. The van der Waals surface area contributed by atoms with Crippen LogP contribution < -0.4 is 5.19 Å². The minimum Gasteiger partial charge on any atom is -0.314 e. The Kier molecular flexibility index (Phi) is 6.40. The molecular formula is C19H39FSi4. The summed E-state index contributed by atoms with van der Waals surface area (Å²) in [6, 6.07) is 12.6. The zero-order valence-corrected chi connectivity index (χ0v) is 21.7. The van der Waals surface area contributed by atoms with Gasteiger partial charge in [0, 0.05) is 16.1 Å². The minimum absolute atomic E-state index is 0.0187. The molecule has 138 valence electrons. The molecule has 1 rings (SSSR count). The molecule has 24 heavy (non-hydrogen) atoms. The molecule has 0 nitrogen and oxygen atoms in total. The maximum Gasteiger partial charge on any atom is 0.245 e. The Bertz CT molecular complexity index is 523. The summed E-state index contributed by atoms with van der Waals surface area (Å²) in [5, 5.41) is 1.46. The Hall–Kier alpha value is 0.0175. The van der Waals surface area contributed by atoms with Crippen molar-refractivity contribution < 1.29 is 4.11 Å². The smallest absolute Gasteiger partial charge is 0.245 e. The average molecular weight is 399 g/mol. The third-order valence-corrected chi connectivity index (χ3v) is 41.4. The highest BCUT2D eigenvalue weighted by atomic mass is 28.5. The summed E-state index contributed by atoms with van der Waals surface area (Å²) < 4.78 is 17.0. The largest absolute Gasteiger partial charge is 0.314 e. The quantitative estimate of drug-likeness (QED) is 0.359. The fraction of sp³-hybridized carbons (Fsp3) is 0.684. The van der Waals surface area contributed by atoms with Crippen LogP contribution in [0.15, 0.2) is 30.3 Å². The van der Waals surface area contributed by atoms with Gasteiger partial charge in [-0.2, -0.15) is 0 Å². The van der Waals surface area contributed by atoms with Crippen LogP contribution in [0.4, 0.5) is 4.11 Å². The SMILES string of the molecule is CC[Si](F)(CC)C([Si](C)(C)C)([Si](C)(C)C)[Si](C)(C)c1ccccc1. The van der Waals surface area contributed by atoms with E-state index in [1.807, 2.05) is 0 Å². The molecule has 5 heteroatoms. The van der Waals surface area contributed by atoms with Crippen molar-refractivity contribution in [3.05, 3.63) is 30.3 Å². The third kappa shape index (κ3) is 3.10. The summed E-state index contributed by atoms with van der Waals surface area (Å²) in [5.41, 5.74) is 0. The van der Waals surface area contributed by atoms with E-state index in [-0.39, 0.29) is 3.91 Å². The zero-order chi connectivity index (χ0) is 19.0. The van der Waals surface area contributed by atoms with Crippen LogP contribution in [0.1, 0.15) is 13.8 Å². The number of rotatable bonds is 7. The summed E-state index contributed by atoms with van der Waals surface area (Å²) >= 11 is 0. The summed E-state index contributed by atoms with van der Waals surface area (Å²) in [6.45, 7) is 24.1. The molecule has 0 aliphatic heterocycles. The van der Waals surface area contributed by atoms with Crippen molar-refractivity contribution in [3.8, 4) is 0 Å². The molecule has 0 heterocycles. The van der Waals surface area contributed by atoms with Crippen LogP contribution in [0.3, 0.4) is 0 Å². The van der Waals surface area contributed by atoms with Gasteiger partial charge in [0.1, 0.15) is 0 Å². The lowest BCUT2D eigenvalue weighted by Crippen LogP contribution is -2.79. The van der Waals surface area contributed by atoms with Gasteiger partial charge in [0.05, 0.1) is 8.07 Å². The van der Waals surface area contributed by atoms with Crippen molar-refractivity contribution in [2.45, 2.75) is 82.2 Å². The van der Waals surface area contributed by atoms with Crippen LogP contribution in [0.2, 0.25) is 68.4 Å². The molecule has 0 unspecified atom stereocenters. The first kappa shape index (κ1) is 22.1. The van der Waals surface area contributed by atoms with Gasteiger partial charge in [-0.15, -0.1) is 0 Å². The first-order chi connectivity index (χ1) is 10.7. The molecule has 0 amide bonds. The van der Waals surface area contributed by atoms with E-state index in [1.54, 1.807) is 0 Å². The molecule has 0 saturated heterocycles. The van der Waals surface area contributed by atoms with Gasteiger partial charge in [0.2, 0.25) is 8.41 Å². The van der Waals surface area contributed by atoms with E-state index in [1.165, 1.54) is 5.19 Å². The van der Waals surface area contributed by atoms with Crippen LogP contribution >= 0.6 is 0 Å². The van der Waals surface area contributed by atoms with Crippen molar-refractivity contribution in [1.82, 2.24) is 0 Å². The van der Waals surface area contributed by atoms with Crippen LogP contribution in [0.5, 0.6) is 0 Å². The van der Waals surface area contributed by atoms with Crippen LogP contribution in [-0.4, -0.2) is 32.6 Å². The van der Waals surface area contributed by atoms with E-state index < -0.39 is 32.6 Å². The number of halogens is 1. The van der Waals surface area contributed by atoms with E-state index in [0.29, 0.717) is 0 Å². The maximum atomic E-state index is 17.0. The van der Waals surface area contributed by atoms with Gasteiger partial charge in [0.25, 0.3) is 0 Å². The molecule has 0 aliphatic rings. The van der Waals surface area contributed by atoms with Crippen LogP contribution in [-0.2, 0) is 0 Å². The van der Waals surface area contributed by atoms with Crippen molar-refractivity contribution >= 4 is 37.8 Å². The number of hydrogen-bond donors (Lipinski definition) is 0. The summed E-state index contributed by atoms with van der Waals surface area (Å²) in [6.07, 6.45) is 0. The fourth-order valence-corrected chi connectivity index (χ4v) is 53.5. The lowest BCUT2D eigenvalue weighted by atomic mass is 10.4. The van der Waals surface area contributed by atoms with Gasteiger partial charge >= 0.3 is 0 Å². The average Bonchev–Trinajstić information content (AvgIpc) is 2.45. The topological polar surface area (TPSA) is 0 Å². The van der Waals surface area contributed by atoms with Crippen LogP contribution in [0, 0.1) is 0 Å². The summed E-state index contributed by atoms with van der Waals surface area (Å²) in [4.78, 5) is 0. The molecular weight excluding hydrogens is 360 g/mol. The maximum absolute atomic E-state index is 17.0. The number of hydrogen-bond acceptors (Lipinski definition) is 0. The Balaban J connectivity index is 3.98. The molecule has 0 N–H and O–H groups in total. The van der Waals surface area contributed by atoms with E-state index in [4.69, 9.17) is 0 Å². The van der Waals surface area contributed by atoms with Gasteiger partial charge in [-0.05, 0) is 16.0 Å². The lowest BCUT2D eigenvalue weighted by molar-refractivity contribution is 0.736. The monoisotopic (exact) mass is 398 g/mol. The Morgan fingerprint density at radius 3 is 1.42 bits per heavy atom. The summed E-state index contributed by atoms with van der Waals surface area (Å²) in [5.74, 6) is 0. The molecule has 0 atom stereocenters. The van der Waals surface area contributed by atoms with Gasteiger partial charge < -0.3 is 4.11 Å². The van der Waals surface area contributed by atoms with Gasteiger partial charge in [-0.25, -0.2) is 0 Å². The predicted molar refractivity (Wildman–Crippen MR) is 121 cm³/mol. The molecule has 0 saturated carbocycles. The van der Waals surface area contributed by atoms with Crippen molar-refractivity contribution in [3.63, 3.8) is 0 Å². The fourth-order valence-electron chi connectivity index (χ4n) is 6.76. The molecule has 0 aromatic heterocycles. The second kappa shape index (κ2) is 6.97.